The van der Waals surface area contributed by atoms with Crippen LogP contribution in [0.2, 0.25) is 0 Å². The van der Waals surface area contributed by atoms with Gasteiger partial charge in [-0.25, -0.2) is 0 Å². The zero-order chi connectivity index (χ0) is 4.85. The van der Waals surface area contributed by atoms with E-state index in [2.05, 4.69) is 12.6 Å². The summed E-state index contributed by atoms with van der Waals surface area (Å²) in [5.74, 6) is 2.23. The van der Waals surface area contributed by atoms with Gasteiger partial charge < -0.3 is 0 Å². The van der Waals surface area contributed by atoms with E-state index in [-0.39, 0.29) is 0 Å². The van der Waals surface area contributed by atoms with Gasteiger partial charge >= 0.3 is 0 Å². The average molecular weight is 114 g/mol. The van der Waals surface area contributed by atoms with Crippen LogP contribution in [0.5, 0.6) is 0 Å². The largest absolute Gasteiger partial charge is 0.176 e. The molecule has 2 saturated carbocycles. The van der Waals surface area contributed by atoms with E-state index in [1.807, 2.05) is 0 Å². The van der Waals surface area contributed by atoms with E-state index >= 15 is 0 Å². The standard InChI is InChI=1S/C6H10S/c7-6-2-4-1-5(4)3-6/h4-7H,1-3H2. The molecule has 7 heavy (non-hydrogen) atoms. The van der Waals surface area contributed by atoms with Gasteiger partial charge in [-0.15, -0.1) is 0 Å². The molecule has 0 heterocycles. The Morgan fingerprint density at radius 2 is 1.57 bits per heavy atom. The molecule has 2 rings (SSSR count). The van der Waals surface area contributed by atoms with Crippen LogP contribution < -0.4 is 0 Å². The lowest BCUT2D eigenvalue weighted by Crippen LogP contribution is -1.90. The molecule has 2 fully saturated rings. The summed E-state index contributed by atoms with van der Waals surface area (Å²) >= 11 is 4.38. The average Bonchev–Trinajstić information content (AvgIpc) is 2.15. The summed E-state index contributed by atoms with van der Waals surface area (Å²) in [7, 11) is 0. The maximum atomic E-state index is 4.38. The highest BCUT2D eigenvalue weighted by atomic mass is 32.1. The van der Waals surface area contributed by atoms with Crippen molar-refractivity contribution in [2.75, 3.05) is 0 Å². The normalized spacial score (nSPS) is 57.0. The number of hydrogen-bond acceptors (Lipinski definition) is 1. The highest BCUT2D eigenvalue weighted by Crippen LogP contribution is 2.53. The zero-order valence-electron chi connectivity index (χ0n) is 4.30. The third-order valence-corrected chi connectivity index (χ3v) is 2.64. The molecule has 2 atom stereocenters. The Morgan fingerprint density at radius 3 is 1.86 bits per heavy atom. The third kappa shape index (κ3) is 0.584. The van der Waals surface area contributed by atoms with Crippen molar-refractivity contribution < 1.29 is 0 Å². The van der Waals surface area contributed by atoms with Gasteiger partial charge in [0.25, 0.3) is 0 Å². The lowest BCUT2D eigenvalue weighted by molar-refractivity contribution is 0.757. The predicted octanol–water partition coefficient (Wildman–Crippen LogP) is 1.71. The van der Waals surface area contributed by atoms with Crippen molar-refractivity contribution in [1.29, 1.82) is 0 Å². The van der Waals surface area contributed by atoms with Crippen molar-refractivity contribution in [3.8, 4) is 0 Å². The fourth-order valence-electron chi connectivity index (χ4n) is 1.68. The van der Waals surface area contributed by atoms with Gasteiger partial charge in [-0.05, 0) is 31.1 Å². The molecular formula is C6H10S. The molecule has 0 saturated heterocycles. The van der Waals surface area contributed by atoms with Crippen molar-refractivity contribution in [3.05, 3.63) is 0 Å². The summed E-state index contributed by atoms with van der Waals surface area (Å²) in [5.41, 5.74) is 0. The number of fused-ring (bicyclic) bond motifs is 1. The predicted molar refractivity (Wildman–Crippen MR) is 33.6 cm³/mol. The fraction of sp³-hybridized carbons (Fsp3) is 1.00. The van der Waals surface area contributed by atoms with Crippen molar-refractivity contribution >= 4 is 12.6 Å². The first-order valence-corrected chi connectivity index (χ1v) is 3.56. The quantitative estimate of drug-likeness (QED) is 0.455. The zero-order valence-corrected chi connectivity index (χ0v) is 5.20. The topological polar surface area (TPSA) is 0 Å². The minimum Gasteiger partial charge on any atom is -0.176 e. The minimum atomic E-state index is 0.767. The molecule has 2 unspecified atom stereocenters. The molecule has 0 aliphatic heterocycles. The van der Waals surface area contributed by atoms with E-state index in [9.17, 15) is 0 Å². The Morgan fingerprint density at radius 1 is 1.00 bits per heavy atom. The molecule has 0 bridgehead atoms. The monoisotopic (exact) mass is 114 g/mol. The van der Waals surface area contributed by atoms with Crippen LogP contribution in [0, 0.1) is 11.8 Å². The van der Waals surface area contributed by atoms with Crippen LogP contribution in [0.3, 0.4) is 0 Å². The van der Waals surface area contributed by atoms with E-state index in [4.69, 9.17) is 0 Å². The highest BCUT2D eigenvalue weighted by molar-refractivity contribution is 7.81. The lowest BCUT2D eigenvalue weighted by Gasteiger charge is -1.97. The molecule has 0 spiro atoms. The third-order valence-electron chi connectivity index (χ3n) is 2.22. The van der Waals surface area contributed by atoms with Crippen LogP contribution in [0.1, 0.15) is 19.3 Å². The van der Waals surface area contributed by atoms with Gasteiger partial charge in [0.1, 0.15) is 0 Å². The molecule has 0 radical (unpaired) electrons. The molecule has 2 aliphatic carbocycles. The van der Waals surface area contributed by atoms with E-state index in [0.717, 1.165) is 17.1 Å². The summed E-state index contributed by atoms with van der Waals surface area (Å²) in [4.78, 5) is 0. The number of hydrogen-bond donors (Lipinski definition) is 1. The van der Waals surface area contributed by atoms with Crippen LogP contribution in [0.15, 0.2) is 0 Å². The molecule has 0 nitrogen and oxygen atoms in total. The lowest BCUT2D eigenvalue weighted by atomic mass is 10.2. The molecule has 0 aromatic heterocycles. The molecule has 0 amide bonds. The van der Waals surface area contributed by atoms with Crippen LogP contribution in [0.4, 0.5) is 0 Å². The van der Waals surface area contributed by atoms with Gasteiger partial charge in [0, 0.05) is 5.25 Å². The second-order valence-electron chi connectivity index (χ2n) is 2.88. The molecule has 0 aromatic carbocycles. The maximum Gasteiger partial charge on any atom is 0.00222 e. The smallest absolute Gasteiger partial charge is 0.00222 e. The first-order valence-electron chi connectivity index (χ1n) is 3.04. The van der Waals surface area contributed by atoms with Crippen LogP contribution >= 0.6 is 12.6 Å². The van der Waals surface area contributed by atoms with E-state index < -0.39 is 0 Å². The first kappa shape index (κ1) is 4.25. The Hall–Kier alpha value is 0.350. The summed E-state index contributed by atoms with van der Waals surface area (Å²) in [6.45, 7) is 0. The van der Waals surface area contributed by atoms with Crippen LogP contribution in [-0.4, -0.2) is 5.25 Å². The summed E-state index contributed by atoms with van der Waals surface area (Å²) in [6, 6.07) is 0. The van der Waals surface area contributed by atoms with E-state index in [1.54, 1.807) is 0 Å². The highest BCUT2D eigenvalue weighted by Gasteiger charge is 2.44. The van der Waals surface area contributed by atoms with E-state index in [1.165, 1.54) is 19.3 Å². The molecule has 40 valence electrons. The van der Waals surface area contributed by atoms with Gasteiger partial charge in [-0.2, -0.15) is 12.6 Å². The second kappa shape index (κ2) is 1.19. The summed E-state index contributed by atoms with van der Waals surface area (Å²) < 4.78 is 0. The Balaban J connectivity index is 2.02. The van der Waals surface area contributed by atoms with Gasteiger partial charge in [0.05, 0.1) is 0 Å². The SMILES string of the molecule is SC1CC2CC2C1. The maximum absolute atomic E-state index is 4.38. The van der Waals surface area contributed by atoms with Crippen molar-refractivity contribution in [2.24, 2.45) is 11.8 Å². The molecule has 0 aromatic rings. The molecular weight excluding hydrogens is 104 g/mol. The van der Waals surface area contributed by atoms with Crippen molar-refractivity contribution in [1.82, 2.24) is 0 Å². The minimum absolute atomic E-state index is 0.767. The van der Waals surface area contributed by atoms with E-state index in [0.29, 0.717) is 0 Å². The Bertz CT molecular complexity index is 80.2. The van der Waals surface area contributed by atoms with Gasteiger partial charge in [-0.1, -0.05) is 0 Å². The van der Waals surface area contributed by atoms with Crippen LogP contribution in [-0.2, 0) is 0 Å². The Labute approximate surface area is 49.7 Å². The fourth-order valence-corrected chi connectivity index (χ4v) is 2.22. The second-order valence-corrected chi connectivity index (χ2v) is 3.61. The van der Waals surface area contributed by atoms with Gasteiger partial charge in [0.15, 0.2) is 0 Å². The van der Waals surface area contributed by atoms with Gasteiger partial charge in [0.2, 0.25) is 0 Å². The Kier molecular flexibility index (Phi) is 0.724. The van der Waals surface area contributed by atoms with Gasteiger partial charge in [-0.3, -0.25) is 0 Å². The summed E-state index contributed by atoms with van der Waals surface area (Å²) in [6.07, 6.45) is 4.35. The number of thiol groups is 1. The molecule has 2 aliphatic rings. The molecule has 0 N–H and O–H groups in total. The van der Waals surface area contributed by atoms with Crippen LogP contribution in [0.25, 0.3) is 0 Å². The van der Waals surface area contributed by atoms with Crippen molar-refractivity contribution in [3.63, 3.8) is 0 Å². The number of rotatable bonds is 0. The molecule has 1 heteroatoms. The summed E-state index contributed by atoms with van der Waals surface area (Å²) in [5, 5.41) is 0.767. The first-order chi connectivity index (χ1) is 3.36. The van der Waals surface area contributed by atoms with Crippen molar-refractivity contribution in [2.45, 2.75) is 24.5 Å².